The molecule has 1 aliphatic carbocycles. The molecule has 9 heteroatoms. The van der Waals surface area contributed by atoms with Gasteiger partial charge in [0.15, 0.2) is 31.3 Å². The van der Waals surface area contributed by atoms with Crippen LogP contribution < -0.4 is 23.7 Å². The van der Waals surface area contributed by atoms with Gasteiger partial charge >= 0.3 is 5.97 Å². The molecule has 0 fully saturated rings. The van der Waals surface area contributed by atoms with E-state index in [0.717, 1.165) is 16.7 Å². The van der Waals surface area contributed by atoms with Gasteiger partial charge in [-0.1, -0.05) is 20.8 Å². The van der Waals surface area contributed by atoms with Crippen LogP contribution in [-0.4, -0.2) is 48.0 Å². The summed E-state index contributed by atoms with van der Waals surface area (Å²) in [6, 6.07) is 7.83. The molecule has 4 rings (SSSR count). The molecule has 8 nitrogen and oxygen atoms in total. The number of ether oxygens (including phenoxy) is 6. The van der Waals surface area contributed by atoms with Crippen LogP contribution in [0.15, 0.2) is 24.3 Å². The summed E-state index contributed by atoms with van der Waals surface area (Å²) in [7, 11) is 2.52. The van der Waals surface area contributed by atoms with E-state index in [4.69, 9.17) is 32.8 Å². The second-order valence-electron chi connectivity index (χ2n) is 13.0. The Bertz CT molecular complexity index is 1230. The maximum absolute atomic E-state index is 14.0. The van der Waals surface area contributed by atoms with Gasteiger partial charge in [-0.15, -0.1) is 0 Å². The van der Waals surface area contributed by atoms with Crippen LogP contribution in [0.4, 0.5) is 0 Å². The quantitative estimate of drug-likeness (QED) is 0.259. The molecule has 0 saturated carbocycles. The Kier molecular flexibility index (Phi) is 8.13. The Balaban J connectivity index is 1.96. The standard InChI is InChI=1S/C31H44O8Si/c1-30(2,3)38-29(32)21-16-22(39-40(10,11)31(4,5)6)19-14-23-24(37-17-36-23)15-20(19)27(21)18-12-25(33-7)28(35-9)26(13-18)34-8/h12-15,21-22,27H,16-17H2,1-11H3/t21-,22?,27-/m1/s1. The Morgan fingerprint density at radius 2 is 1.40 bits per heavy atom. The molecule has 0 radical (unpaired) electrons. The van der Waals surface area contributed by atoms with E-state index in [0.29, 0.717) is 35.2 Å². The number of esters is 1. The number of hydrogen-bond donors (Lipinski definition) is 0. The van der Waals surface area contributed by atoms with Crippen LogP contribution >= 0.6 is 0 Å². The lowest BCUT2D eigenvalue weighted by Crippen LogP contribution is -2.44. The summed E-state index contributed by atoms with van der Waals surface area (Å²) in [5, 5.41) is -0.0154. The van der Waals surface area contributed by atoms with Crippen LogP contribution in [0.25, 0.3) is 0 Å². The summed E-state index contributed by atoms with van der Waals surface area (Å²) in [6.45, 7) is 16.9. The minimum absolute atomic E-state index is 0.0154. The van der Waals surface area contributed by atoms with E-state index in [1.165, 1.54) is 0 Å². The molecule has 2 aromatic carbocycles. The molecular weight excluding hydrogens is 528 g/mol. The largest absolute Gasteiger partial charge is 0.493 e. The zero-order valence-corrected chi connectivity index (χ0v) is 26.7. The summed E-state index contributed by atoms with van der Waals surface area (Å²) < 4.78 is 41.6. The van der Waals surface area contributed by atoms with Crippen LogP contribution in [0.2, 0.25) is 18.1 Å². The minimum atomic E-state index is -2.22. The van der Waals surface area contributed by atoms with Gasteiger partial charge in [-0.3, -0.25) is 4.79 Å². The van der Waals surface area contributed by atoms with Crippen molar-refractivity contribution in [1.82, 2.24) is 0 Å². The summed E-state index contributed by atoms with van der Waals surface area (Å²) in [5.41, 5.74) is 2.12. The number of fused-ring (bicyclic) bond motifs is 2. The first kappa shape index (κ1) is 30.1. The third-order valence-corrected chi connectivity index (χ3v) is 12.6. The van der Waals surface area contributed by atoms with Gasteiger partial charge in [0, 0.05) is 5.92 Å². The number of rotatable bonds is 7. The minimum Gasteiger partial charge on any atom is -0.493 e. The molecule has 40 heavy (non-hydrogen) atoms. The molecule has 0 saturated heterocycles. The fourth-order valence-corrected chi connectivity index (χ4v) is 6.47. The second kappa shape index (κ2) is 10.8. The highest BCUT2D eigenvalue weighted by Crippen LogP contribution is 2.54. The molecule has 2 aromatic rings. The Hall–Kier alpha value is -2.91. The van der Waals surface area contributed by atoms with Crippen molar-refractivity contribution in [2.75, 3.05) is 28.1 Å². The average molecular weight is 573 g/mol. The zero-order valence-electron chi connectivity index (χ0n) is 25.7. The van der Waals surface area contributed by atoms with E-state index >= 15 is 0 Å². The third-order valence-electron chi connectivity index (χ3n) is 8.13. The molecule has 3 atom stereocenters. The monoisotopic (exact) mass is 572 g/mol. The molecule has 0 N–H and O–H groups in total. The van der Waals surface area contributed by atoms with Crippen molar-refractivity contribution in [3.05, 3.63) is 41.0 Å². The first-order chi connectivity index (χ1) is 18.6. The van der Waals surface area contributed by atoms with E-state index in [9.17, 15) is 4.79 Å². The van der Waals surface area contributed by atoms with Crippen LogP contribution in [0.3, 0.4) is 0 Å². The summed E-state index contributed by atoms with van der Waals surface area (Å²) >= 11 is 0. The van der Waals surface area contributed by atoms with Crippen molar-refractivity contribution in [1.29, 1.82) is 0 Å². The average Bonchev–Trinajstić information content (AvgIpc) is 3.32. The zero-order chi connectivity index (χ0) is 29.6. The predicted molar refractivity (Wildman–Crippen MR) is 155 cm³/mol. The Morgan fingerprint density at radius 1 is 0.850 bits per heavy atom. The normalized spacial score (nSPS) is 20.5. The SMILES string of the molecule is COc1cc([C@@H]2c3cc4c(cc3C(O[Si](C)(C)C(C)(C)C)C[C@H]2C(=O)OC(C)(C)C)OCO4)cc(OC)c1OC. The van der Waals surface area contributed by atoms with Crippen molar-refractivity contribution in [2.45, 2.75) is 83.7 Å². The lowest BCUT2D eigenvalue weighted by atomic mass is 9.70. The summed E-state index contributed by atoms with van der Waals surface area (Å²) in [5.74, 6) is 1.65. The van der Waals surface area contributed by atoms with Gasteiger partial charge in [-0.25, -0.2) is 0 Å². The Labute approximate surface area is 239 Å². The predicted octanol–water partition coefficient (Wildman–Crippen LogP) is 7.00. The fourth-order valence-electron chi connectivity index (χ4n) is 5.18. The molecule has 220 valence electrons. The Morgan fingerprint density at radius 3 is 1.88 bits per heavy atom. The number of benzene rings is 2. The van der Waals surface area contributed by atoms with Gasteiger partial charge in [0.05, 0.1) is 33.4 Å². The van der Waals surface area contributed by atoms with Crippen molar-refractivity contribution in [3.63, 3.8) is 0 Å². The summed E-state index contributed by atoms with van der Waals surface area (Å²) in [4.78, 5) is 14.0. The van der Waals surface area contributed by atoms with Crippen LogP contribution in [-0.2, 0) is 14.0 Å². The lowest BCUT2D eigenvalue weighted by Gasteiger charge is -2.44. The molecule has 0 spiro atoms. The van der Waals surface area contributed by atoms with Crippen molar-refractivity contribution in [2.24, 2.45) is 5.92 Å². The van der Waals surface area contributed by atoms with Crippen molar-refractivity contribution < 1.29 is 37.6 Å². The van der Waals surface area contributed by atoms with Crippen LogP contribution in [0.1, 0.15) is 76.7 Å². The van der Waals surface area contributed by atoms with Crippen LogP contribution in [0.5, 0.6) is 28.7 Å². The van der Waals surface area contributed by atoms with Gasteiger partial charge < -0.3 is 32.8 Å². The third kappa shape index (κ3) is 5.77. The number of methoxy groups -OCH3 is 3. The van der Waals surface area contributed by atoms with E-state index in [2.05, 4.69) is 33.9 Å². The van der Waals surface area contributed by atoms with Gasteiger partial charge in [-0.05, 0) is 86.3 Å². The highest BCUT2D eigenvalue weighted by Gasteiger charge is 2.47. The summed E-state index contributed by atoms with van der Waals surface area (Å²) in [6.07, 6.45) is 0.135. The van der Waals surface area contributed by atoms with E-state index in [1.54, 1.807) is 21.3 Å². The fraction of sp³-hybridized carbons (Fsp3) is 0.581. The molecule has 1 heterocycles. The first-order valence-electron chi connectivity index (χ1n) is 13.7. The molecule has 1 unspecified atom stereocenters. The maximum Gasteiger partial charge on any atom is 0.310 e. The number of carbonyl (C=O) groups is 1. The van der Waals surface area contributed by atoms with Gasteiger partial charge in [0.25, 0.3) is 0 Å². The topological polar surface area (TPSA) is 81.7 Å². The molecule has 0 bridgehead atoms. The molecule has 2 aliphatic rings. The molecule has 0 amide bonds. The van der Waals surface area contributed by atoms with Gasteiger partial charge in [-0.2, -0.15) is 0 Å². The smallest absolute Gasteiger partial charge is 0.310 e. The molecular formula is C31H44O8Si. The number of carbonyl (C=O) groups excluding carboxylic acids is 1. The lowest BCUT2D eigenvalue weighted by molar-refractivity contribution is -0.162. The van der Waals surface area contributed by atoms with E-state index in [-0.39, 0.29) is 29.8 Å². The van der Waals surface area contributed by atoms with E-state index < -0.39 is 19.8 Å². The van der Waals surface area contributed by atoms with E-state index in [1.807, 2.05) is 45.0 Å². The van der Waals surface area contributed by atoms with Gasteiger partial charge in [0.2, 0.25) is 12.5 Å². The van der Waals surface area contributed by atoms with Crippen molar-refractivity contribution in [3.8, 4) is 28.7 Å². The molecule has 1 aliphatic heterocycles. The molecule has 0 aromatic heterocycles. The van der Waals surface area contributed by atoms with Crippen LogP contribution in [0, 0.1) is 5.92 Å². The second-order valence-corrected chi connectivity index (χ2v) is 17.8. The highest BCUT2D eigenvalue weighted by atomic mass is 28.4. The number of hydrogen-bond acceptors (Lipinski definition) is 8. The van der Waals surface area contributed by atoms with Crippen molar-refractivity contribution >= 4 is 14.3 Å². The highest BCUT2D eigenvalue weighted by molar-refractivity contribution is 6.74. The first-order valence-corrected chi connectivity index (χ1v) is 16.6. The maximum atomic E-state index is 14.0. The van der Waals surface area contributed by atoms with Gasteiger partial charge in [0.1, 0.15) is 5.60 Å².